The van der Waals surface area contributed by atoms with E-state index in [-0.39, 0.29) is 5.56 Å². The van der Waals surface area contributed by atoms with Crippen LogP contribution in [0.4, 0.5) is 0 Å². The van der Waals surface area contributed by atoms with Gasteiger partial charge in [-0.15, -0.1) is 0 Å². The Labute approximate surface area is 123 Å². The molecule has 0 amide bonds. The van der Waals surface area contributed by atoms with E-state index in [1.165, 1.54) is 4.68 Å². The molecule has 21 heavy (non-hydrogen) atoms. The van der Waals surface area contributed by atoms with E-state index >= 15 is 0 Å². The van der Waals surface area contributed by atoms with Crippen molar-refractivity contribution in [1.29, 1.82) is 0 Å². The molecule has 0 atom stereocenters. The van der Waals surface area contributed by atoms with Gasteiger partial charge in [0.25, 0.3) is 5.56 Å². The Bertz CT molecular complexity index is 917. The zero-order valence-corrected chi connectivity index (χ0v) is 12.9. The van der Waals surface area contributed by atoms with E-state index in [1.54, 1.807) is 7.05 Å². The molecule has 3 aromatic rings. The van der Waals surface area contributed by atoms with Crippen molar-refractivity contribution in [3.05, 3.63) is 51.1 Å². The summed E-state index contributed by atoms with van der Waals surface area (Å²) < 4.78 is 7.26. The molecule has 0 unspecified atom stereocenters. The fraction of sp³-hybridized carbons (Fsp3) is 0.294. The van der Waals surface area contributed by atoms with E-state index in [4.69, 9.17) is 4.42 Å². The fourth-order valence-electron chi connectivity index (χ4n) is 2.98. The highest BCUT2D eigenvalue weighted by Gasteiger charge is 2.19. The third-order valence-electron chi connectivity index (χ3n) is 3.76. The van der Waals surface area contributed by atoms with Crippen molar-refractivity contribution < 1.29 is 4.42 Å². The van der Waals surface area contributed by atoms with Gasteiger partial charge in [0.05, 0.1) is 11.3 Å². The van der Waals surface area contributed by atoms with Crippen molar-refractivity contribution in [1.82, 2.24) is 9.78 Å². The Kier molecular flexibility index (Phi) is 2.97. The molecule has 0 aliphatic heterocycles. The van der Waals surface area contributed by atoms with E-state index in [9.17, 15) is 4.79 Å². The molecule has 1 aromatic carbocycles. The average molecular weight is 282 g/mol. The maximum absolute atomic E-state index is 12.5. The van der Waals surface area contributed by atoms with Gasteiger partial charge < -0.3 is 4.42 Å². The van der Waals surface area contributed by atoms with Crippen molar-refractivity contribution in [2.45, 2.75) is 27.7 Å². The summed E-state index contributed by atoms with van der Waals surface area (Å²) in [6.07, 6.45) is 0. The lowest BCUT2D eigenvalue weighted by Crippen LogP contribution is -2.22. The van der Waals surface area contributed by atoms with Gasteiger partial charge in [-0.2, -0.15) is 5.10 Å². The summed E-state index contributed by atoms with van der Waals surface area (Å²) in [6, 6.07) is 5.95. The molecule has 0 aliphatic rings. The lowest BCUT2D eigenvalue weighted by atomic mass is 9.99. The Morgan fingerprint density at radius 2 is 1.81 bits per heavy atom. The predicted octanol–water partition coefficient (Wildman–Crippen LogP) is 3.43. The monoisotopic (exact) mass is 282 g/mol. The highest BCUT2D eigenvalue weighted by atomic mass is 16.3. The Balaban J connectivity index is 2.47. The van der Waals surface area contributed by atoms with Gasteiger partial charge in [0.1, 0.15) is 11.3 Å². The normalized spacial score (nSPS) is 11.3. The lowest BCUT2D eigenvalue weighted by Gasteiger charge is -2.06. The zero-order chi connectivity index (χ0) is 15.3. The van der Waals surface area contributed by atoms with Crippen LogP contribution in [0.25, 0.3) is 22.1 Å². The van der Waals surface area contributed by atoms with Crippen molar-refractivity contribution >= 4 is 11.0 Å². The zero-order valence-electron chi connectivity index (χ0n) is 12.9. The largest absolute Gasteiger partial charge is 0.461 e. The van der Waals surface area contributed by atoms with Crippen LogP contribution in [-0.2, 0) is 7.05 Å². The highest BCUT2D eigenvalue weighted by molar-refractivity contribution is 5.98. The summed E-state index contributed by atoms with van der Waals surface area (Å²) >= 11 is 0. The van der Waals surface area contributed by atoms with Crippen LogP contribution in [0.3, 0.4) is 0 Å². The molecule has 4 heteroatoms. The lowest BCUT2D eigenvalue weighted by molar-refractivity contribution is 0.579. The van der Waals surface area contributed by atoms with E-state index < -0.39 is 0 Å². The van der Waals surface area contributed by atoms with Crippen LogP contribution < -0.4 is 5.56 Å². The van der Waals surface area contributed by atoms with Crippen LogP contribution in [0.1, 0.15) is 22.6 Å². The molecule has 0 radical (unpaired) electrons. The minimum Gasteiger partial charge on any atom is -0.461 e. The highest BCUT2D eigenvalue weighted by Crippen LogP contribution is 2.35. The summed E-state index contributed by atoms with van der Waals surface area (Å²) in [5.74, 6) is 0.765. The number of hydrogen-bond acceptors (Lipinski definition) is 3. The second-order valence-corrected chi connectivity index (χ2v) is 5.62. The van der Waals surface area contributed by atoms with E-state index in [2.05, 4.69) is 11.2 Å². The number of nitrogens with zero attached hydrogens (tertiary/aromatic N) is 2. The number of aryl methyl sites for hydroxylation is 5. The molecule has 0 saturated carbocycles. The molecule has 0 N–H and O–H groups in total. The average Bonchev–Trinajstić information content (AvgIpc) is 2.70. The van der Waals surface area contributed by atoms with Crippen LogP contribution in [0, 0.1) is 27.7 Å². The Morgan fingerprint density at radius 3 is 2.52 bits per heavy atom. The van der Waals surface area contributed by atoms with Gasteiger partial charge >= 0.3 is 0 Å². The first-order valence-corrected chi connectivity index (χ1v) is 6.94. The van der Waals surface area contributed by atoms with E-state index in [1.807, 2.05) is 39.8 Å². The molecular weight excluding hydrogens is 264 g/mol. The van der Waals surface area contributed by atoms with Crippen LogP contribution in [0.5, 0.6) is 0 Å². The number of fused-ring (bicyclic) bond motifs is 1. The maximum atomic E-state index is 12.5. The van der Waals surface area contributed by atoms with Gasteiger partial charge in [-0.05, 0) is 51.0 Å². The first-order chi connectivity index (χ1) is 9.88. The smallest absolute Gasteiger partial charge is 0.274 e. The number of hydrogen-bond donors (Lipinski definition) is 0. The van der Waals surface area contributed by atoms with Gasteiger partial charge in [-0.3, -0.25) is 4.79 Å². The molecule has 0 bridgehead atoms. The first kappa shape index (κ1) is 13.6. The Morgan fingerprint density at radius 1 is 1.10 bits per heavy atom. The van der Waals surface area contributed by atoms with Gasteiger partial charge in [0, 0.05) is 18.0 Å². The summed E-state index contributed by atoms with van der Waals surface area (Å²) in [5, 5.41) is 5.18. The molecule has 2 aromatic heterocycles. The summed E-state index contributed by atoms with van der Waals surface area (Å²) in [4.78, 5) is 12.5. The molecule has 2 heterocycles. The second kappa shape index (κ2) is 4.58. The molecule has 0 saturated heterocycles. The summed E-state index contributed by atoms with van der Waals surface area (Å²) in [6.45, 7) is 7.88. The molecule has 0 spiro atoms. The van der Waals surface area contributed by atoms with E-state index in [0.29, 0.717) is 5.56 Å². The van der Waals surface area contributed by atoms with Gasteiger partial charge in [0.2, 0.25) is 0 Å². The number of furan rings is 1. The quantitative estimate of drug-likeness (QED) is 0.687. The van der Waals surface area contributed by atoms with Gasteiger partial charge in [-0.1, -0.05) is 6.07 Å². The molecular formula is C17H18N2O2. The summed E-state index contributed by atoms with van der Waals surface area (Å²) in [5.41, 5.74) is 5.34. The molecule has 3 rings (SSSR count). The molecule has 4 nitrogen and oxygen atoms in total. The molecule has 0 aliphatic carbocycles. The van der Waals surface area contributed by atoms with Crippen LogP contribution in [-0.4, -0.2) is 9.78 Å². The van der Waals surface area contributed by atoms with Crippen molar-refractivity contribution in [2.75, 3.05) is 0 Å². The topological polar surface area (TPSA) is 48.0 Å². The van der Waals surface area contributed by atoms with Crippen LogP contribution >= 0.6 is 0 Å². The molecule has 0 fully saturated rings. The third-order valence-corrected chi connectivity index (χ3v) is 3.76. The van der Waals surface area contributed by atoms with Gasteiger partial charge in [-0.25, -0.2) is 4.68 Å². The van der Waals surface area contributed by atoms with E-state index in [0.717, 1.165) is 39.1 Å². The minimum absolute atomic E-state index is 0.105. The predicted molar refractivity (Wildman–Crippen MR) is 83.6 cm³/mol. The first-order valence-electron chi connectivity index (χ1n) is 6.94. The minimum atomic E-state index is -0.105. The van der Waals surface area contributed by atoms with Crippen molar-refractivity contribution in [3.63, 3.8) is 0 Å². The molecule has 108 valence electrons. The number of rotatable bonds is 1. The van der Waals surface area contributed by atoms with Crippen LogP contribution in [0.15, 0.2) is 27.4 Å². The standard InChI is InChI=1S/C17H18N2O2/c1-9-6-10(2)15-14(7-9)21-12(4)16(15)13-8-11(3)18-19(5)17(13)20/h6-8H,1-5H3. The fourth-order valence-corrected chi connectivity index (χ4v) is 2.98. The number of benzene rings is 1. The SMILES string of the molecule is Cc1cc(C)c2c(-c3cc(C)nn(C)c3=O)c(C)oc2c1. The Hall–Kier alpha value is -2.36. The van der Waals surface area contributed by atoms with Gasteiger partial charge in [0.15, 0.2) is 0 Å². The van der Waals surface area contributed by atoms with Crippen LogP contribution in [0.2, 0.25) is 0 Å². The van der Waals surface area contributed by atoms with Crippen molar-refractivity contribution in [2.24, 2.45) is 7.05 Å². The van der Waals surface area contributed by atoms with Crippen molar-refractivity contribution in [3.8, 4) is 11.1 Å². The third kappa shape index (κ3) is 2.07. The number of aromatic nitrogens is 2. The maximum Gasteiger partial charge on any atom is 0.274 e. The summed E-state index contributed by atoms with van der Waals surface area (Å²) in [7, 11) is 1.67. The second-order valence-electron chi connectivity index (χ2n) is 5.62.